The van der Waals surface area contributed by atoms with Gasteiger partial charge in [0.05, 0.1) is 12.7 Å². The Kier molecular flexibility index (Phi) is 10.7. The van der Waals surface area contributed by atoms with E-state index < -0.39 is 30.1 Å². The first-order valence-corrected chi connectivity index (χ1v) is 12.9. The third-order valence-corrected chi connectivity index (χ3v) is 6.60. The van der Waals surface area contributed by atoms with Crippen molar-refractivity contribution < 1.29 is 34.4 Å². The van der Waals surface area contributed by atoms with Crippen molar-refractivity contribution in [1.82, 2.24) is 0 Å². The summed E-state index contributed by atoms with van der Waals surface area (Å²) in [6.45, 7) is 3.90. The largest absolute Gasteiger partial charge is 0.507 e. The third-order valence-electron chi connectivity index (χ3n) is 6.60. The molecular weight excluding hydrogens is 474 g/mol. The van der Waals surface area contributed by atoms with Gasteiger partial charge in [-0.1, -0.05) is 44.1 Å². The highest BCUT2D eigenvalue weighted by atomic mass is 16.5. The van der Waals surface area contributed by atoms with E-state index in [1.165, 1.54) is 30.0 Å². The number of ether oxygens (including phenoxy) is 2. The second-order valence-corrected chi connectivity index (χ2v) is 9.58. The molecule has 0 spiro atoms. The maximum absolute atomic E-state index is 13.0. The van der Waals surface area contributed by atoms with Gasteiger partial charge in [0, 0.05) is 30.3 Å². The Morgan fingerprint density at radius 1 is 1.05 bits per heavy atom. The Morgan fingerprint density at radius 3 is 2.59 bits per heavy atom. The lowest BCUT2D eigenvalue weighted by Crippen LogP contribution is -2.32. The SMILES string of the molecule is C[C@@H]1/C=C\C(=O)[C@@H](O)[C@@H](O)C/C=C/c2cc(OCCCCCCC3=NC=CC3)cc(O)c2C(=O)O[C@H]1C. The first-order chi connectivity index (χ1) is 17.8. The van der Waals surface area contributed by atoms with Crippen LogP contribution >= 0.6 is 0 Å². The number of esters is 1. The van der Waals surface area contributed by atoms with Gasteiger partial charge in [0.2, 0.25) is 0 Å². The number of rotatable bonds is 8. The normalized spacial score (nSPS) is 26.1. The summed E-state index contributed by atoms with van der Waals surface area (Å²) < 4.78 is 11.4. The average Bonchev–Trinajstić information content (AvgIpc) is 3.38. The Hall–Kier alpha value is -3.23. The van der Waals surface area contributed by atoms with E-state index in [-0.39, 0.29) is 23.7 Å². The molecule has 0 aliphatic carbocycles. The molecule has 0 saturated heterocycles. The third kappa shape index (κ3) is 8.40. The van der Waals surface area contributed by atoms with Crippen LogP contribution in [0.2, 0.25) is 0 Å². The van der Waals surface area contributed by atoms with Gasteiger partial charge in [-0.15, -0.1) is 0 Å². The van der Waals surface area contributed by atoms with Gasteiger partial charge in [-0.3, -0.25) is 9.79 Å². The molecule has 2 aliphatic rings. The topological polar surface area (TPSA) is 126 Å². The lowest BCUT2D eigenvalue weighted by atomic mass is 9.99. The summed E-state index contributed by atoms with van der Waals surface area (Å²) in [5.41, 5.74) is 1.57. The van der Waals surface area contributed by atoms with Crippen LogP contribution in [0.5, 0.6) is 11.5 Å². The van der Waals surface area contributed by atoms with Gasteiger partial charge in [-0.05, 0) is 50.3 Å². The first kappa shape index (κ1) is 28.3. The molecule has 0 unspecified atom stereocenters. The lowest BCUT2D eigenvalue weighted by Gasteiger charge is -2.20. The van der Waals surface area contributed by atoms with Crippen molar-refractivity contribution in [3.05, 3.63) is 53.8 Å². The monoisotopic (exact) mass is 511 g/mol. The minimum atomic E-state index is -1.57. The summed E-state index contributed by atoms with van der Waals surface area (Å²) in [7, 11) is 0. The number of hydrogen-bond acceptors (Lipinski definition) is 8. The van der Waals surface area contributed by atoms with Gasteiger partial charge in [-0.2, -0.15) is 0 Å². The predicted molar refractivity (Wildman–Crippen MR) is 142 cm³/mol. The highest BCUT2D eigenvalue weighted by Crippen LogP contribution is 2.31. The molecule has 1 aromatic rings. The minimum absolute atomic E-state index is 0.0147. The number of ketones is 1. The van der Waals surface area contributed by atoms with Crippen LogP contribution in [0.3, 0.4) is 0 Å². The molecule has 1 aromatic carbocycles. The van der Waals surface area contributed by atoms with Gasteiger partial charge in [0.15, 0.2) is 5.78 Å². The maximum atomic E-state index is 13.0. The van der Waals surface area contributed by atoms with E-state index in [9.17, 15) is 24.9 Å². The highest BCUT2D eigenvalue weighted by Gasteiger charge is 2.25. The number of nitrogens with zero attached hydrogens (tertiary/aromatic N) is 1. The Morgan fingerprint density at radius 2 is 1.84 bits per heavy atom. The fourth-order valence-corrected chi connectivity index (χ4v) is 4.09. The number of aromatic hydroxyl groups is 1. The number of fused-ring (bicyclic) bond motifs is 1. The van der Waals surface area contributed by atoms with Crippen LogP contribution in [0.4, 0.5) is 0 Å². The number of cyclic esters (lactones) is 1. The van der Waals surface area contributed by atoms with Crippen molar-refractivity contribution in [1.29, 1.82) is 0 Å². The number of unbranched alkanes of at least 4 members (excludes halogenated alkanes) is 3. The summed E-state index contributed by atoms with van der Waals surface area (Å²) in [5.74, 6) is -1.54. The minimum Gasteiger partial charge on any atom is -0.507 e. The van der Waals surface area contributed by atoms with Crippen molar-refractivity contribution in [2.24, 2.45) is 10.9 Å². The first-order valence-electron chi connectivity index (χ1n) is 12.9. The molecule has 0 fully saturated rings. The smallest absolute Gasteiger partial charge is 0.342 e. The summed E-state index contributed by atoms with van der Waals surface area (Å²) in [6, 6.07) is 3.03. The summed E-state index contributed by atoms with van der Waals surface area (Å²) in [4.78, 5) is 29.4. The Labute approximate surface area is 218 Å². The lowest BCUT2D eigenvalue weighted by molar-refractivity contribution is -0.127. The van der Waals surface area contributed by atoms with Crippen LogP contribution in [0, 0.1) is 5.92 Å². The van der Waals surface area contributed by atoms with Crippen molar-refractivity contribution in [3.8, 4) is 11.5 Å². The zero-order valence-electron chi connectivity index (χ0n) is 21.5. The molecule has 0 radical (unpaired) electrons. The molecule has 0 bridgehead atoms. The standard InChI is InChI=1S/C29H37NO7/c1-19-13-14-25(32)28(34)24(31)12-7-9-21-17-23(18-26(33)27(21)29(35)37-20(19)2)36-16-6-4-3-5-10-22-11-8-15-30-22/h7-9,13-15,17-20,24,28,31,33-34H,3-6,10-12,16H2,1-2H3/b9-7+,14-13-/t19-,20+,24+,28+/m1/s1. The number of aliphatic imine (C=N–C) groups is 1. The molecule has 37 heavy (non-hydrogen) atoms. The van der Waals surface area contributed by atoms with Crippen LogP contribution in [-0.4, -0.2) is 57.7 Å². The molecule has 8 nitrogen and oxygen atoms in total. The molecule has 3 rings (SSSR count). The maximum Gasteiger partial charge on any atom is 0.342 e. The molecule has 8 heteroatoms. The van der Waals surface area contributed by atoms with Crippen molar-refractivity contribution in [2.75, 3.05) is 6.61 Å². The van der Waals surface area contributed by atoms with Gasteiger partial charge < -0.3 is 24.8 Å². The number of allylic oxidation sites excluding steroid dienone is 1. The van der Waals surface area contributed by atoms with E-state index in [0.29, 0.717) is 17.9 Å². The van der Waals surface area contributed by atoms with Gasteiger partial charge in [0.25, 0.3) is 0 Å². The molecule has 3 N–H and O–H groups in total. The molecule has 0 aromatic heterocycles. The van der Waals surface area contributed by atoms with Gasteiger partial charge in [-0.25, -0.2) is 4.79 Å². The molecule has 2 aliphatic heterocycles. The molecular formula is C29H37NO7. The number of aliphatic hydroxyl groups is 2. The predicted octanol–water partition coefficient (Wildman–Crippen LogP) is 4.53. The van der Waals surface area contributed by atoms with E-state index in [2.05, 4.69) is 11.1 Å². The number of aliphatic hydroxyl groups excluding tert-OH is 2. The number of carbonyl (C=O) groups is 2. The van der Waals surface area contributed by atoms with Crippen LogP contribution in [0.15, 0.2) is 47.6 Å². The zero-order valence-corrected chi connectivity index (χ0v) is 21.5. The second-order valence-electron chi connectivity index (χ2n) is 9.58. The number of hydrogen-bond donors (Lipinski definition) is 3. The quantitative estimate of drug-likeness (QED) is 0.346. The zero-order chi connectivity index (χ0) is 26.8. The van der Waals surface area contributed by atoms with E-state index >= 15 is 0 Å². The Balaban J connectivity index is 1.67. The van der Waals surface area contributed by atoms with E-state index in [0.717, 1.165) is 38.5 Å². The summed E-state index contributed by atoms with van der Waals surface area (Å²) >= 11 is 0. The molecule has 200 valence electrons. The fraction of sp³-hybridized carbons (Fsp3) is 0.483. The van der Waals surface area contributed by atoms with Gasteiger partial charge in [0.1, 0.15) is 29.3 Å². The molecule has 4 atom stereocenters. The highest BCUT2D eigenvalue weighted by molar-refractivity contribution is 5.97. The van der Waals surface area contributed by atoms with Crippen molar-refractivity contribution >= 4 is 23.5 Å². The van der Waals surface area contributed by atoms with Gasteiger partial charge >= 0.3 is 5.97 Å². The number of phenolic OH excluding ortho intramolecular Hbond substituents is 1. The van der Waals surface area contributed by atoms with Crippen molar-refractivity contribution in [3.63, 3.8) is 0 Å². The Bertz CT molecular complexity index is 1070. The van der Waals surface area contributed by atoms with Crippen LogP contribution in [-0.2, 0) is 9.53 Å². The fourth-order valence-electron chi connectivity index (χ4n) is 4.09. The van der Waals surface area contributed by atoms with Crippen LogP contribution in [0.1, 0.15) is 74.7 Å². The van der Waals surface area contributed by atoms with E-state index in [4.69, 9.17) is 9.47 Å². The molecule has 0 saturated carbocycles. The molecule has 2 heterocycles. The number of carbonyl (C=O) groups excluding carboxylic acids is 2. The van der Waals surface area contributed by atoms with Crippen LogP contribution in [0.25, 0.3) is 6.08 Å². The number of benzene rings is 1. The summed E-state index contributed by atoms with van der Waals surface area (Å²) in [6.07, 6.45) is 12.2. The van der Waals surface area contributed by atoms with E-state index in [1.807, 2.05) is 6.20 Å². The van der Waals surface area contributed by atoms with Crippen LogP contribution < -0.4 is 4.74 Å². The van der Waals surface area contributed by atoms with E-state index in [1.54, 1.807) is 26.0 Å². The van der Waals surface area contributed by atoms with Crippen molar-refractivity contribution in [2.45, 2.75) is 77.1 Å². The second kappa shape index (κ2) is 13.9. The average molecular weight is 512 g/mol. The summed E-state index contributed by atoms with van der Waals surface area (Å²) in [5, 5.41) is 31.0. The number of phenols is 1. The molecule has 0 amide bonds.